The standard InChI is InChI=1S/C25H23FN4O3/c1-16-6-9-21(20(26)12-16)29-14-23(32-2)25(31)24(28-29)22-10-11-27-30(22)18-4-3-5-19(13-18)33-15-17-7-8-17/h3-6,9-14,17H,7-8,15H2,1-2H3. The molecule has 0 N–H and O–H groups in total. The summed E-state index contributed by atoms with van der Waals surface area (Å²) in [6.07, 6.45) is 5.38. The van der Waals surface area contributed by atoms with Crippen molar-refractivity contribution in [2.45, 2.75) is 19.8 Å². The van der Waals surface area contributed by atoms with Crippen molar-refractivity contribution < 1.29 is 13.9 Å². The quantitative estimate of drug-likeness (QED) is 0.423. The summed E-state index contributed by atoms with van der Waals surface area (Å²) in [5, 5.41) is 8.85. The van der Waals surface area contributed by atoms with Crippen LogP contribution in [0.2, 0.25) is 0 Å². The van der Waals surface area contributed by atoms with Crippen LogP contribution in [-0.2, 0) is 0 Å². The average Bonchev–Trinajstić information content (AvgIpc) is 3.52. The summed E-state index contributed by atoms with van der Waals surface area (Å²) in [6.45, 7) is 2.50. The van der Waals surface area contributed by atoms with Gasteiger partial charge in [-0.25, -0.2) is 13.8 Å². The predicted molar refractivity (Wildman–Crippen MR) is 122 cm³/mol. The highest BCUT2D eigenvalue weighted by Crippen LogP contribution is 2.30. The van der Waals surface area contributed by atoms with E-state index < -0.39 is 11.2 Å². The molecule has 0 spiro atoms. The molecule has 168 valence electrons. The van der Waals surface area contributed by atoms with E-state index in [0.717, 1.165) is 17.0 Å². The van der Waals surface area contributed by atoms with Crippen LogP contribution in [0.25, 0.3) is 22.8 Å². The van der Waals surface area contributed by atoms with Crippen molar-refractivity contribution in [2.24, 2.45) is 5.92 Å². The van der Waals surface area contributed by atoms with E-state index in [1.807, 2.05) is 24.3 Å². The first-order chi connectivity index (χ1) is 16.0. The molecule has 0 saturated heterocycles. The maximum absolute atomic E-state index is 14.7. The van der Waals surface area contributed by atoms with E-state index in [4.69, 9.17) is 9.47 Å². The minimum absolute atomic E-state index is 0.0502. The van der Waals surface area contributed by atoms with Crippen LogP contribution in [0.5, 0.6) is 11.5 Å². The minimum Gasteiger partial charge on any atom is -0.493 e. The molecule has 5 rings (SSSR count). The van der Waals surface area contributed by atoms with E-state index in [1.54, 1.807) is 36.0 Å². The Morgan fingerprint density at radius 1 is 1.15 bits per heavy atom. The van der Waals surface area contributed by atoms with Gasteiger partial charge in [-0.3, -0.25) is 4.79 Å². The number of hydrogen-bond donors (Lipinski definition) is 0. The Morgan fingerprint density at radius 3 is 2.76 bits per heavy atom. The van der Waals surface area contributed by atoms with E-state index in [9.17, 15) is 9.18 Å². The molecule has 8 heteroatoms. The largest absolute Gasteiger partial charge is 0.493 e. The Balaban J connectivity index is 1.59. The highest BCUT2D eigenvalue weighted by atomic mass is 19.1. The molecule has 33 heavy (non-hydrogen) atoms. The zero-order valence-electron chi connectivity index (χ0n) is 18.4. The number of hydrogen-bond acceptors (Lipinski definition) is 5. The van der Waals surface area contributed by atoms with Crippen LogP contribution in [0.4, 0.5) is 4.39 Å². The van der Waals surface area contributed by atoms with Crippen molar-refractivity contribution in [1.82, 2.24) is 19.6 Å². The van der Waals surface area contributed by atoms with E-state index in [-0.39, 0.29) is 17.1 Å². The molecule has 2 heterocycles. The topological polar surface area (TPSA) is 71.2 Å². The zero-order chi connectivity index (χ0) is 22.9. The first-order valence-electron chi connectivity index (χ1n) is 10.8. The lowest BCUT2D eigenvalue weighted by Gasteiger charge is -2.13. The van der Waals surface area contributed by atoms with Gasteiger partial charge in [0, 0.05) is 6.07 Å². The van der Waals surface area contributed by atoms with Gasteiger partial charge in [-0.2, -0.15) is 10.2 Å². The number of aryl methyl sites for hydroxylation is 1. The van der Waals surface area contributed by atoms with Gasteiger partial charge in [-0.15, -0.1) is 0 Å². The molecule has 1 aliphatic rings. The number of halogens is 1. The van der Waals surface area contributed by atoms with Crippen LogP contribution < -0.4 is 14.9 Å². The van der Waals surface area contributed by atoms with Crippen LogP contribution in [-0.4, -0.2) is 33.3 Å². The molecule has 7 nitrogen and oxygen atoms in total. The summed E-state index contributed by atoms with van der Waals surface area (Å²) < 4.78 is 28.8. The molecule has 1 saturated carbocycles. The van der Waals surface area contributed by atoms with Crippen LogP contribution in [0.15, 0.2) is 65.7 Å². The summed E-state index contributed by atoms with van der Waals surface area (Å²) in [5.41, 5.74) is 1.85. The first-order valence-corrected chi connectivity index (χ1v) is 10.8. The fourth-order valence-corrected chi connectivity index (χ4v) is 3.59. The summed E-state index contributed by atoms with van der Waals surface area (Å²) in [4.78, 5) is 13.1. The van der Waals surface area contributed by atoms with E-state index in [0.29, 0.717) is 18.2 Å². The maximum atomic E-state index is 14.7. The third-order valence-corrected chi connectivity index (χ3v) is 5.59. The second-order valence-corrected chi connectivity index (χ2v) is 8.15. The third kappa shape index (κ3) is 4.24. The van der Waals surface area contributed by atoms with Crippen molar-refractivity contribution >= 4 is 0 Å². The Morgan fingerprint density at radius 2 is 2.00 bits per heavy atom. The lowest BCUT2D eigenvalue weighted by atomic mass is 10.2. The molecular weight excluding hydrogens is 423 g/mol. The van der Waals surface area contributed by atoms with Crippen molar-refractivity contribution in [1.29, 1.82) is 0 Å². The molecule has 0 radical (unpaired) electrons. The number of methoxy groups -OCH3 is 1. The van der Waals surface area contributed by atoms with E-state index in [1.165, 1.54) is 36.9 Å². The van der Waals surface area contributed by atoms with Crippen LogP contribution in [0, 0.1) is 18.7 Å². The Bertz CT molecular complexity index is 1370. The molecule has 1 fully saturated rings. The highest BCUT2D eigenvalue weighted by molar-refractivity contribution is 5.59. The fourth-order valence-electron chi connectivity index (χ4n) is 3.59. The number of aromatic nitrogens is 4. The van der Waals surface area contributed by atoms with Crippen molar-refractivity contribution in [2.75, 3.05) is 13.7 Å². The smallest absolute Gasteiger partial charge is 0.251 e. The molecular formula is C25H23FN4O3. The fraction of sp³-hybridized carbons (Fsp3) is 0.240. The van der Waals surface area contributed by atoms with Crippen LogP contribution in [0.3, 0.4) is 0 Å². The molecule has 2 aromatic carbocycles. The molecule has 1 aliphatic carbocycles. The second kappa shape index (κ2) is 8.54. The molecule has 0 atom stereocenters. The van der Waals surface area contributed by atoms with Crippen molar-refractivity contribution in [3.63, 3.8) is 0 Å². The summed E-state index contributed by atoms with van der Waals surface area (Å²) in [6, 6.07) is 14.0. The van der Waals surface area contributed by atoms with Gasteiger partial charge < -0.3 is 9.47 Å². The third-order valence-electron chi connectivity index (χ3n) is 5.59. The molecule has 0 unspecified atom stereocenters. The zero-order valence-corrected chi connectivity index (χ0v) is 18.4. The lowest BCUT2D eigenvalue weighted by molar-refractivity contribution is 0.299. The van der Waals surface area contributed by atoms with Crippen LogP contribution >= 0.6 is 0 Å². The van der Waals surface area contributed by atoms with Gasteiger partial charge >= 0.3 is 0 Å². The van der Waals surface area contributed by atoms with Crippen molar-refractivity contribution in [3.05, 3.63) is 82.5 Å². The van der Waals surface area contributed by atoms with Gasteiger partial charge in [0.15, 0.2) is 11.4 Å². The number of rotatable bonds is 7. The van der Waals surface area contributed by atoms with Crippen LogP contribution in [0.1, 0.15) is 18.4 Å². The summed E-state index contributed by atoms with van der Waals surface area (Å²) in [5.74, 6) is 0.969. The number of benzene rings is 2. The van der Waals surface area contributed by atoms with Gasteiger partial charge in [-0.05, 0) is 61.6 Å². The van der Waals surface area contributed by atoms with E-state index in [2.05, 4.69) is 10.2 Å². The Labute approximate surface area is 190 Å². The molecule has 4 aromatic rings. The predicted octanol–water partition coefficient (Wildman–Crippen LogP) is 4.33. The Kier molecular flexibility index (Phi) is 5.42. The van der Waals surface area contributed by atoms with Gasteiger partial charge in [-0.1, -0.05) is 12.1 Å². The molecule has 0 amide bonds. The summed E-state index contributed by atoms with van der Waals surface area (Å²) >= 11 is 0. The second-order valence-electron chi connectivity index (χ2n) is 8.15. The van der Waals surface area contributed by atoms with Gasteiger partial charge in [0.05, 0.1) is 37.5 Å². The first kappa shape index (κ1) is 20.9. The number of ether oxygens (including phenoxy) is 2. The molecule has 0 aliphatic heterocycles. The van der Waals surface area contributed by atoms with Gasteiger partial charge in [0.1, 0.15) is 17.3 Å². The van der Waals surface area contributed by atoms with Gasteiger partial charge in [0.25, 0.3) is 5.43 Å². The SMILES string of the molecule is COc1cn(-c2ccc(C)cc2F)nc(-c2ccnn2-c2cccc(OCC3CC3)c2)c1=O. The lowest BCUT2D eigenvalue weighted by Crippen LogP contribution is -2.18. The Hall–Kier alpha value is -3.94. The van der Waals surface area contributed by atoms with Crippen molar-refractivity contribution in [3.8, 4) is 34.3 Å². The molecule has 2 aromatic heterocycles. The normalized spacial score (nSPS) is 13.2. The average molecular weight is 446 g/mol. The highest BCUT2D eigenvalue weighted by Gasteiger charge is 2.22. The molecule has 0 bridgehead atoms. The minimum atomic E-state index is -0.451. The van der Waals surface area contributed by atoms with E-state index >= 15 is 0 Å². The van der Waals surface area contributed by atoms with Gasteiger partial charge in [0.2, 0.25) is 0 Å². The summed E-state index contributed by atoms with van der Waals surface area (Å²) in [7, 11) is 1.40. The number of nitrogens with zero attached hydrogens (tertiary/aromatic N) is 4. The maximum Gasteiger partial charge on any atom is 0.251 e. The monoisotopic (exact) mass is 446 g/mol.